The highest BCUT2D eigenvalue weighted by atomic mass is 35.5. The van der Waals surface area contributed by atoms with Gasteiger partial charge in [-0.2, -0.15) is 0 Å². The largest absolute Gasteiger partial charge is 0.252 e. The minimum atomic E-state index is 0.663. The second kappa shape index (κ2) is 3.99. The Kier molecular flexibility index (Phi) is 2.85. The first-order chi connectivity index (χ1) is 7.13. The Labute approximate surface area is 99.0 Å². The summed E-state index contributed by atoms with van der Waals surface area (Å²) in [6.45, 7) is 4.08. The van der Waals surface area contributed by atoms with Gasteiger partial charge in [-0.05, 0) is 31.0 Å². The van der Waals surface area contributed by atoms with Crippen LogP contribution in [0.15, 0.2) is 18.2 Å². The molecule has 0 amide bonds. The van der Waals surface area contributed by atoms with Crippen molar-refractivity contribution in [2.45, 2.75) is 20.3 Å². The fourth-order valence-electron chi connectivity index (χ4n) is 1.62. The Balaban J connectivity index is 2.90. The predicted molar refractivity (Wildman–Crippen MR) is 65.9 cm³/mol. The number of rotatable bonds is 1. The number of halogens is 2. The van der Waals surface area contributed by atoms with Gasteiger partial charge >= 0.3 is 0 Å². The van der Waals surface area contributed by atoms with E-state index in [-0.39, 0.29) is 0 Å². The summed E-state index contributed by atoms with van der Waals surface area (Å²) in [5, 5.41) is 2.21. The summed E-state index contributed by atoms with van der Waals surface area (Å²) < 4.78 is 0. The van der Waals surface area contributed by atoms with E-state index in [2.05, 4.69) is 11.9 Å². The summed E-state index contributed by atoms with van der Waals surface area (Å²) in [6.07, 6.45) is 0.877. The van der Waals surface area contributed by atoms with Crippen molar-refractivity contribution in [3.63, 3.8) is 0 Å². The van der Waals surface area contributed by atoms with Crippen LogP contribution in [0.2, 0.25) is 10.0 Å². The van der Waals surface area contributed by atoms with E-state index < -0.39 is 0 Å². The van der Waals surface area contributed by atoms with Gasteiger partial charge in [0.25, 0.3) is 0 Å². The van der Waals surface area contributed by atoms with Crippen LogP contribution >= 0.6 is 23.2 Å². The fraction of sp³-hybridized carbons (Fsp3) is 0.250. The van der Waals surface area contributed by atoms with E-state index in [1.807, 2.05) is 25.1 Å². The van der Waals surface area contributed by atoms with Gasteiger partial charge in [0, 0.05) is 11.1 Å². The summed E-state index contributed by atoms with van der Waals surface area (Å²) in [6, 6.07) is 5.71. The number of hydrogen-bond donors (Lipinski definition) is 0. The first-order valence-corrected chi connectivity index (χ1v) is 5.63. The van der Waals surface area contributed by atoms with Crippen LogP contribution in [0.1, 0.15) is 18.2 Å². The molecule has 1 nitrogen and oxygen atoms in total. The average molecular weight is 240 g/mol. The smallest absolute Gasteiger partial charge is 0.0764 e. The number of benzene rings is 1. The Hall–Kier alpha value is -0.790. The van der Waals surface area contributed by atoms with E-state index in [1.165, 1.54) is 0 Å². The molecule has 0 N–H and O–H groups in total. The van der Waals surface area contributed by atoms with Gasteiger partial charge in [-0.1, -0.05) is 36.2 Å². The van der Waals surface area contributed by atoms with Gasteiger partial charge < -0.3 is 0 Å². The molecule has 1 aromatic heterocycles. The molecule has 0 saturated heterocycles. The Morgan fingerprint density at radius 3 is 2.60 bits per heavy atom. The van der Waals surface area contributed by atoms with Gasteiger partial charge in [0.05, 0.1) is 15.6 Å². The normalized spacial score (nSPS) is 10.9. The lowest BCUT2D eigenvalue weighted by Crippen LogP contribution is -1.91. The van der Waals surface area contributed by atoms with Crippen molar-refractivity contribution in [2.24, 2.45) is 0 Å². The van der Waals surface area contributed by atoms with E-state index in [9.17, 15) is 0 Å². The molecule has 0 aliphatic rings. The zero-order chi connectivity index (χ0) is 11.0. The molecule has 0 unspecified atom stereocenters. The number of aromatic nitrogens is 1. The van der Waals surface area contributed by atoms with Gasteiger partial charge in [0.1, 0.15) is 0 Å². The lowest BCUT2D eigenvalue weighted by atomic mass is 10.1. The summed E-state index contributed by atoms with van der Waals surface area (Å²) in [7, 11) is 0. The maximum atomic E-state index is 6.19. The molecule has 15 heavy (non-hydrogen) atoms. The lowest BCUT2D eigenvalue weighted by Gasteiger charge is -2.07. The summed E-state index contributed by atoms with van der Waals surface area (Å²) in [5.41, 5.74) is 3.01. The Morgan fingerprint density at radius 1 is 1.20 bits per heavy atom. The van der Waals surface area contributed by atoms with E-state index >= 15 is 0 Å². The van der Waals surface area contributed by atoms with Crippen LogP contribution in [0.4, 0.5) is 0 Å². The molecule has 2 rings (SSSR count). The predicted octanol–water partition coefficient (Wildman–Crippen LogP) is 4.41. The molecule has 0 bridgehead atoms. The average Bonchev–Trinajstić information content (AvgIpc) is 2.23. The zero-order valence-electron chi connectivity index (χ0n) is 8.64. The van der Waals surface area contributed by atoms with Crippen LogP contribution in [0.5, 0.6) is 0 Å². The Morgan fingerprint density at radius 2 is 1.93 bits per heavy atom. The van der Waals surface area contributed by atoms with Crippen LogP contribution in [0, 0.1) is 6.92 Å². The van der Waals surface area contributed by atoms with Gasteiger partial charge in [-0.3, -0.25) is 4.98 Å². The number of fused-ring (bicyclic) bond motifs is 1. The SMILES string of the molecule is CCc1cc(Cl)c2c(Cl)ccc(C)c2n1. The molecule has 3 heteroatoms. The van der Waals surface area contributed by atoms with E-state index in [1.54, 1.807) is 0 Å². The molecule has 0 aliphatic heterocycles. The lowest BCUT2D eigenvalue weighted by molar-refractivity contribution is 1.05. The van der Waals surface area contributed by atoms with Crippen LogP contribution in [-0.4, -0.2) is 4.98 Å². The monoisotopic (exact) mass is 239 g/mol. The number of hydrogen-bond acceptors (Lipinski definition) is 1. The molecule has 0 aliphatic carbocycles. The van der Waals surface area contributed by atoms with E-state index in [0.717, 1.165) is 28.6 Å². The second-order valence-corrected chi connectivity index (χ2v) is 4.35. The second-order valence-electron chi connectivity index (χ2n) is 3.54. The van der Waals surface area contributed by atoms with Crippen molar-refractivity contribution in [1.82, 2.24) is 4.98 Å². The van der Waals surface area contributed by atoms with Gasteiger partial charge in [-0.25, -0.2) is 0 Å². The molecular weight excluding hydrogens is 229 g/mol. The third kappa shape index (κ3) is 1.82. The minimum absolute atomic E-state index is 0.663. The van der Waals surface area contributed by atoms with Crippen molar-refractivity contribution in [2.75, 3.05) is 0 Å². The molecule has 1 aromatic carbocycles. The van der Waals surface area contributed by atoms with Gasteiger partial charge in [-0.15, -0.1) is 0 Å². The Bertz CT molecular complexity index is 521. The molecular formula is C12H11Cl2N. The molecule has 0 radical (unpaired) electrons. The number of pyridine rings is 1. The molecule has 1 heterocycles. The van der Waals surface area contributed by atoms with E-state index in [4.69, 9.17) is 23.2 Å². The maximum absolute atomic E-state index is 6.19. The molecule has 0 spiro atoms. The molecule has 2 aromatic rings. The highest BCUT2D eigenvalue weighted by Crippen LogP contribution is 2.31. The van der Waals surface area contributed by atoms with Crippen LogP contribution in [0.3, 0.4) is 0 Å². The van der Waals surface area contributed by atoms with Crippen LogP contribution < -0.4 is 0 Å². The van der Waals surface area contributed by atoms with Gasteiger partial charge in [0.2, 0.25) is 0 Å². The topological polar surface area (TPSA) is 12.9 Å². The molecule has 0 atom stereocenters. The quantitative estimate of drug-likeness (QED) is 0.719. The highest BCUT2D eigenvalue weighted by Gasteiger charge is 2.08. The van der Waals surface area contributed by atoms with Gasteiger partial charge in [0.15, 0.2) is 0 Å². The van der Waals surface area contributed by atoms with Crippen LogP contribution in [0.25, 0.3) is 10.9 Å². The minimum Gasteiger partial charge on any atom is -0.252 e. The number of nitrogens with zero attached hydrogens (tertiary/aromatic N) is 1. The fourth-order valence-corrected chi connectivity index (χ4v) is 2.24. The summed E-state index contributed by atoms with van der Waals surface area (Å²) in [4.78, 5) is 4.55. The third-order valence-electron chi connectivity index (χ3n) is 2.48. The standard InChI is InChI=1S/C12H11Cl2N/c1-3-8-6-10(14)11-9(13)5-4-7(2)12(11)15-8/h4-6H,3H2,1-2H3. The summed E-state index contributed by atoms with van der Waals surface area (Å²) in [5.74, 6) is 0. The molecule has 0 fully saturated rings. The van der Waals surface area contributed by atoms with Crippen molar-refractivity contribution in [3.05, 3.63) is 39.5 Å². The zero-order valence-corrected chi connectivity index (χ0v) is 10.2. The first-order valence-electron chi connectivity index (χ1n) is 4.87. The molecule has 0 saturated carbocycles. The van der Waals surface area contributed by atoms with Crippen molar-refractivity contribution in [1.29, 1.82) is 0 Å². The maximum Gasteiger partial charge on any atom is 0.0764 e. The van der Waals surface area contributed by atoms with Crippen LogP contribution in [-0.2, 0) is 6.42 Å². The number of aryl methyl sites for hydroxylation is 2. The third-order valence-corrected chi connectivity index (χ3v) is 3.09. The van der Waals surface area contributed by atoms with Crippen molar-refractivity contribution >= 4 is 34.1 Å². The van der Waals surface area contributed by atoms with Crippen molar-refractivity contribution < 1.29 is 0 Å². The summed E-state index contributed by atoms with van der Waals surface area (Å²) >= 11 is 12.3. The van der Waals surface area contributed by atoms with E-state index in [0.29, 0.717) is 10.0 Å². The highest BCUT2D eigenvalue weighted by molar-refractivity contribution is 6.42. The molecule has 78 valence electrons. The van der Waals surface area contributed by atoms with Crippen molar-refractivity contribution in [3.8, 4) is 0 Å². The first kappa shape index (κ1) is 10.7.